The van der Waals surface area contributed by atoms with E-state index in [0.29, 0.717) is 36.6 Å². The Morgan fingerprint density at radius 2 is 1.81 bits per heavy atom. The first-order valence-corrected chi connectivity index (χ1v) is 10.9. The van der Waals surface area contributed by atoms with E-state index in [0.717, 1.165) is 0 Å². The highest BCUT2D eigenvalue weighted by Gasteiger charge is 2.12. The zero-order valence-electron chi connectivity index (χ0n) is 15.8. The molecule has 3 rings (SSSR count). The molecule has 0 aliphatic rings. The molecule has 6 nitrogen and oxygen atoms in total. The van der Waals surface area contributed by atoms with Gasteiger partial charge in [-0.15, -0.1) is 0 Å². The number of carbonyl (C=O) groups is 2. The maximum atomic E-state index is 12.3. The summed E-state index contributed by atoms with van der Waals surface area (Å²) in [5.74, 6) is -0.0787. The summed E-state index contributed by atoms with van der Waals surface area (Å²) in [6.07, 6.45) is 1.44. The van der Waals surface area contributed by atoms with E-state index in [1.165, 1.54) is 6.21 Å². The highest BCUT2D eigenvalue weighted by Crippen LogP contribution is 2.27. The predicted molar refractivity (Wildman–Crippen MR) is 126 cm³/mol. The third kappa shape index (κ3) is 6.92. The van der Waals surface area contributed by atoms with Gasteiger partial charge in [0.25, 0.3) is 5.91 Å². The quantitative estimate of drug-likeness (QED) is 0.175. The minimum atomic E-state index is -0.486. The Bertz CT molecular complexity index is 1140. The van der Waals surface area contributed by atoms with Gasteiger partial charge in [0, 0.05) is 9.50 Å². The summed E-state index contributed by atoms with van der Waals surface area (Å²) in [5, 5.41) is 4.45. The average Bonchev–Trinajstić information content (AvgIpc) is 2.73. The van der Waals surface area contributed by atoms with E-state index < -0.39 is 11.9 Å². The summed E-state index contributed by atoms with van der Waals surface area (Å²) in [6, 6.07) is 18.7. The summed E-state index contributed by atoms with van der Waals surface area (Å²) < 4.78 is 12.1. The van der Waals surface area contributed by atoms with E-state index in [9.17, 15) is 9.59 Å². The number of nitrogens with zero attached hydrogens (tertiary/aromatic N) is 1. The Kier molecular flexibility index (Phi) is 8.22. The van der Waals surface area contributed by atoms with Crippen molar-refractivity contribution < 1.29 is 19.1 Å². The smallest absolute Gasteiger partial charge is 0.344 e. The summed E-state index contributed by atoms with van der Waals surface area (Å²) in [5.41, 5.74) is 3.43. The van der Waals surface area contributed by atoms with Crippen LogP contribution in [0.1, 0.15) is 15.9 Å². The normalized spacial score (nSPS) is 10.7. The van der Waals surface area contributed by atoms with E-state index >= 15 is 0 Å². The number of esters is 1. The molecule has 0 aromatic heterocycles. The van der Waals surface area contributed by atoms with Gasteiger partial charge in [0.05, 0.1) is 16.3 Å². The molecule has 0 fully saturated rings. The number of ether oxygens (including phenoxy) is 2. The molecule has 1 amide bonds. The van der Waals surface area contributed by atoms with Gasteiger partial charge >= 0.3 is 5.97 Å². The fourth-order valence-electron chi connectivity index (χ4n) is 2.39. The minimum absolute atomic E-state index is 0.221. The van der Waals surface area contributed by atoms with Crippen LogP contribution in [0.3, 0.4) is 0 Å². The molecule has 0 heterocycles. The van der Waals surface area contributed by atoms with Crippen molar-refractivity contribution in [3.8, 4) is 11.5 Å². The summed E-state index contributed by atoms with van der Waals surface area (Å²) in [7, 11) is 0. The van der Waals surface area contributed by atoms with Gasteiger partial charge in [0.1, 0.15) is 11.5 Å². The molecule has 3 aromatic rings. The molecule has 0 saturated heterocycles. The van der Waals surface area contributed by atoms with Crippen LogP contribution in [0, 0.1) is 0 Å². The number of carbonyl (C=O) groups excluding carboxylic acids is 2. The second kappa shape index (κ2) is 11.1. The van der Waals surface area contributed by atoms with Crippen LogP contribution in [0.4, 0.5) is 0 Å². The van der Waals surface area contributed by atoms with E-state index in [-0.39, 0.29) is 6.61 Å². The van der Waals surface area contributed by atoms with Gasteiger partial charge in [-0.2, -0.15) is 5.10 Å². The molecular weight excluding hydrogens is 552 g/mol. The van der Waals surface area contributed by atoms with Crippen molar-refractivity contribution in [1.82, 2.24) is 5.43 Å². The lowest BCUT2D eigenvalue weighted by molar-refractivity contribution is -0.123. The second-order valence-corrected chi connectivity index (χ2v) is 8.24. The minimum Gasteiger partial charge on any atom is -0.483 e. The lowest BCUT2D eigenvalue weighted by Crippen LogP contribution is -2.24. The third-order valence-electron chi connectivity index (χ3n) is 3.82. The van der Waals surface area contributed by atoms with Crippen LogP contribution in [-0.4, -0.2) is 24.7 Å². The van der Waals surface area contributed by atoms with Crippen LogP contribution in [0.5, 0.6) is 11.5 Å². The van der Waals surface area contributed by atoms with Crippen molar-refractivity contribution in [2.75, 3.05) is 6.61 Å². The summed E-state index contributed by atoms with van der Waals surface area (Å²) >= 11 is 12.5. The van der Waals surface area contributed by atoms with Crippen molar-refractivity contribution >= 4 is 61.6 Å². The first kappa shape index (κ1) is 23.0. The molecule has 158 valence electrons. The van der Waals surface area contributed by atoms with E-state index in [1.807, 2.05) is 6.07 Å². The molecule has 1 N–H and O–H groups in total. The monoisotopic (exact) mass is 564 g/mol. The SMILES string of the molecule is O=C(COc1ccc(Cl)cc1Br)NN=Cc1cccc(OC(=O)c2ccccc2Br)c1. The first-order valence-electron chi connectivity index (χ1n) is 8.89. The van der Waals surface area contributed by atoms with Crippen molar-refractivity contribution in [2.45, 2.75) is 0 Å². The summed E-state index contributed by atoms with van der Waals surface area (Å²) in [6.45, 7) is -0.221. The molecule has 0 bridgehead atoms. The van der Waals surface area contributed by atoms with Crippen molar-refractivity contribution in [3.63, 3.8) is 0 Å². The van der Waals surface area contributed by atoms with Crippen LogP contribution >= 0.6 is 43.5 Å². The van der Waals surface area contributed by atoms with Gasteiger partial charge in [-0.05, 0) is 79.9 Å². The second-order valence-electron chi connectivity index (χ2n) is 6.10. The maximum Gasteiger partial charge on any atom is 0.344 e. The van der Waals surface area contributed by atoms with Crippen molar-refractivity contribution in [1.29, 1.82) is 0 Å². The predicted octanol–water partition coefficient (Wildman–Crippen LogP) is 5.61. The van der Waals surface area contributed by atoms with Gasteiger partial charge in [-0.1, -0.05) is 35.9 Å². The van der Waals surface area contributed by atoms with Crippen molar-refractivity contribution in [2.24, 2.45) is 5.10 Å². The number of nitrogens with one attached hydrogen (secondary N) is 1. The highest BCUT2D eigenvalue weighted by molar-refractivity contribution is 9.10. The number of halogens is 3. The Balaban J connectivity index is 1.53. The molecule has 0 saturated carbocycles. The maximum absolute atomic E-state index is 12.3. The molecule has 0 unspecified atom stereocenters. The number of hydrogen-bond acceptors (Lipinski definition) is 5. The van der Waals surface area contributed by atoms with Gasteiger partial charge in [0.15, 0.2) is 6.61 Å². The number of hydrogen-bond donors (Lipinski definition) is 1. The lowest BCUT2D eigenvalue weighted by Gasteiger charge is -2.07. The topological polar surface area (TPSA) is 77.0 Å². The molecule has 0 aliphatic carbocycles. The first-order chi connectivity index (χ1) is 14.9. The van der Waals surface area contributed by atoms with Crippen LogP contribution in [0.25, 0.3) is 0 Å². The van der Waals surface area contributed by atoms with E-state index in [1.54, 1.807) is 60.7 Å². The van der Waals surface area contributed by atoms with Gasteiger partial charge in [-0.25, -0.2) is 10.2 Å². The molecule has 9 heteroatoms. The average molecular weight is 567 g/mol. The van der Waals surface area contributed by atoms with Crippen LogP contribution in [0.2, 0.25) is 5.02 Å². The summed E-state index contributed by atoms with van der Waals surface area (Å²) in [4.78, 5) is 24.2. The van der Waals surface area contributed by atoms with Gasteiger partial charge < -0.3 is 9.47 Å². The van der Waals surface area contributed by atoms with Crippen LogP contribution in [-0.2, 0) is 4.79 Å². The molecule has 0 spiro atoms. The molecule has 0 atom stereocenters. The van der Waals surface area contributed by atoms with Gasteiger partial charge in [0.2, 0.25) is 0 Å². The number of amides is 1. The molecule has 31 heavy (non-hydrogen) atoms. The van der Waals surface area contributed by atoms with Crippen LogP contribution in [0.15, 0.2) is 80.8 Å². The molecule has 3 aromatic carbocycles. The zero-order chi connectivity index (χ0) is 22.2. The zero-order valence-corrected chi connectivity index (χ0v) is 19.8. The number of hydrazone groups is 1. The van der Waals surface area contributed by atoms with E-state index in [4.69, 9.17) is 21.1 Å². The Hall–Kier alpha value is -2.68. The van der Waals surface area contributed by atoms with Crippen LogP contribution < -0.4 is 14.9 Å². The number of rotatable bonds is 7. The lowest BCUT2D eigenvalue weighted by atomic mass is 10.2. The van der Waals surface area contributed by atoms with Crippen molar-refractivity contribution in [3.05, 3.63) is 91.8 Å². The standard InChI is InChI=1S/C22H15Br2ClN2O4/c23-18-7-2-1-6-17(18)22(29)31-16-5-3-4-14(10-16)12-26-27-21(28)13-30-20-9-8-15(25)11-19(20)24/h1-12H,13H2,(H,27,28). The molecule has 0 aliphatic heterocycles. The fourth-order valence-corrected chi connectivity index (χ4v) is 3.64. The third-order valence-corrected chi connectivity index (χ3v) is 5.36. The Morgan fingerprint density at radius 1 is 1.00 bits per heavy atom. The van der Waals surface area contributed by atoms with E-state index in [2.05, 4.69) is 42.4 Å². The Labute approximate surface area is 200 Å². The Morgan fingerprint density at radius 3 is 2.58 bits per heavy atom. The number of benzene rings is 3. The van der Waals surface area contributed by atoms with Gasteiger partial charge in [-0.3, -0.25) is 4.79 Å². The highest BCUT2D eigenvalue weighted by atomic mass is 79.9. The molecular formula is C22H15Br2ClN2O4. The largest absolute Gasteiger partial charge is 0.483 e. The molecule has 0 radical (unpaired) electrons. The fraction of sp³-hybridized carbons (Fsp3) is 0.0455.